The van der Waals surface area contributed by atoms with E-state index < -0.39 is 5.97 Å². The Morgan fingerprint density at radius 2 is 2.00 bits per heavy atom. The van der Waals surface area contributed by atoms with Crippen molar-refractivity contribution >= 4 is 23.1 Å². The van der Waals surface area contributed by atoms with Crippen LogP contribution in [0.3, 0.4) is 0 Å². The third-order valence-electron chi connectivity index (χ3n) is 3.58. The number of carbonyl (C=O) groups excluding carboxylic acids is 1. The third kappa shape index (κ3) is 4.20. The summed E-state index contributed by atoms with van der Waals surface area (Å²) in [6.07, 6.45) is 0.930. The Labute approximate surface area is 145 Å². The first-order valence-electron chi connectivity index (χ1n) is 7.70. The zero-order valence-electron chi connectivity index (χ0n) is 14.3. The van der Waals surface area contributed by atoms with Crippen LogP contribution in [0.4, 0.5) is 0 Å². The van der Waals surface area contributed by atoms with Crippen LogP contribution in [0.15, 0.2) is 23.6 Å². The summed E-state index contributed by atoms with van der Waals surface area (Å²) in [6.45, 7) is 8.21. The summed E-state index contributed by atoms with van der Waals surface area (Å²) in [6, 6.07) is 5.98. The molecule has 1 aromatic heterocycles. The van der Waals surface area contributed by atoms with Gasteiger partial charge < -0.3 is 9.84 Å². The standard InChI is InChI=1S/C18H21NO4S/c1-5-11-6-7-15(12(8-11)18(2,3)4)23-9-14(20)16-19-13(10-24-16)17(21)22/h6-8,10H,5,9H2,1-4H3,(H,21,22). The van der Waals surface area contributed by atoms with E-state index in [4.69, 9.17) is 9.84 Å². The normalized spacial score (nSPS) is 11.3. The molecule has 128 valence electrons. The van der Waals surface area contributed by atoms with Crippen molar-refractivity contribution in [2.24, 2.45) is 0 Å². The zero-order chi connectivity index (χ0) is 17.9. The van der Waals surface area contributed by atoms with E-state index in [9.17, 15) is 9.59 Å². The Morgan fingerprint density at radius 3 is 2.54 bits per heavy atom. The molecule has 24 heavy (non-hydrogen) atoms. The molecule has 0 amide bonds. The summed E-state index contributed by atoms with van der Waals surface area (Å²) in [5.74, 6) is -0.800. The summed E-state index contributed by atoms with van der Waals surface area (Å²) in [7, 11) is 0. The number of hydrogen-bond acceptors (Lipinski definition) is 5. The van der Waals surface area contributed by atoms with Crippen molar-refractivity contribution in [1.82, 2.24) is 4.98 Å². The number of benzene rings is 1. The Hall–Kier alpha value is -2.21. The van der Waals surface area contributed by atoms with Gasteiger partial charge in [0, 0.05) is 5.38 Å². The Bertz CT molecular complexity index is 759. The van der Waals surface area contributed by atoms with Gasteiger partial charge in [0.25, 0.3) is 0 Å². The first-order chi connectivity index (χ1) is 11.2. The van der Waals surface area contributed by atoms with Crippen molar-refractivity contribution in [1.29, 1.82) is 0 Å². The van der Waals surface area contributed by atoms with Crippen molar-refractivity contribution in [3.05, 3.63) is 45.4 Å². The maximum Gasteiger partial charge on any atom is 0.355 e. The van der Waals surface area contributed by atoms with Crippen molar-refractivity contribution in [3.63, 3.8) is 0 Å². The van der Waals surface area contributed by atoms with Crippen LogP contribution in [-0.2, 0) is 11.8 Å². The molecular formula is C18H21NO4S. The second-order valence-electron chi connectivity index (χ2n) is 6.49. The molecule has 1 N–H and O–H groups in total. The summed E-state index contributed by atoms with van der Waals surface area (Å²) in [4.78, 5) is 26.8. The molecule has 5 nitrogen and oxygen atoms in total. The smallest absolute Gasteiger partial charge is 0.355 e. The van der Waals surface area contributed by atoms with Crippen LogP contribution >= 0.6 is 11.3 Å². The number of carboxylic acid groups (broad SMARTS) is 1. The highest BCUT2D eigenvalue weighted by molar-refractivity contribution is 7.12. The average molecular weight is 347 g/mol. The van der Waals surface area contributed by atoms with Gasteiger partial charge in [-0.05, 0) is 29.0 Å². The fourth-order valence-corrected chi connectivity index (χ4v) is 2.93. The number of carboxylic acids is 1. The molecule has 1 aromatic carbocycles. The minimum atomic E-state index is -1.14. The number of aryl methyl sites for hydroxylation is 1. The van der Waals surface area contributed by atoms with E-state index in [2.05, 4.69) is 38.7 Å². The second kappa shape index (κ2) is 7.13. The van der Waals surface area contributed by atoms with E-state index in [-0.39, 0.29) is 28.5 Å². The fraction of sp³-hybridized carbons (Fsp3) is 0.389. The number of ether oxygens (including phenoxy) is 1. The van der Waals surface area contributed by atoms with Crippen LogP contribution < -0.4 is 4.74 Å². The maximum absolute atomic E-state index is 12.2. The van der Waals surface area contributed by atoms with Gasteiger partial charge in [-0.3, -0.25) is 4.79 Å². The van der Waals surface area contributed by atoms with E-state index in [1.165, 1.54) is 10.9 Å². The molecule has 0 radical (unpaired) electrons. The molecule has 0 atom stereocenters. The summed E-state index contributed by atoms with van der Waals surface area (Å²) >= 11 is 1.02. The molecule has 0 fully saturated rings. The lowest BCUT2D eigenvalue weighted by atomic mass is 9.85. The van der Waals surface area contributed by atoms with Gasteiger partial charge in [0.05, 0.1) is 0 Å². The maximum atomic E-state index is 12.2. The molecule has 0 aliphatic rings. The lowest BCUT2D eigenvalue weighted by Crippen LogP contribution is -2.17. The highest BCUT2D eigenvalue weighted by atomic mass is 32.1. The van der Waals surface area contributed by atoms with Crippen LogP contribution in [-0.4, -0.2) is 28.4 Å². The van der Waals surface area contributed by atoms with E-state index >= 15 is 0 Å². The minimum absolute atomic E-state index is 0.110. The summed E-state index contributed by atoms with van der Waals surface area (Å²) in [5, 5.41) is 10.4. The van der Waals surface area contributed by atoms with Crippen LogP contribution in [0.2, 0.25) is 0 Å². The first kappa shape index (κ1) is 18.1. The molecule has 0 aliphatic heterocycles. The van der Waals surface area contributed by atoms with Gasteiger partial charge in [-0.15, -0.1) is 11.3 Å². The highest BCUT2D eigenvalue weighted by Gasteiger charge is 2.21. The highest BCUT2D eigenvalue weighted by Crippen LogP contribution is 2.32. The SMILES string of the molecule is CCc1ccc(OCC(=O)c2nc(C(=O)O)cs2)c(C(C)(C)C)c1. The van der Waals surface area contributed by atoms with E-state index in [0.29, 0.717) is 5.75 Å². The van der Waals surface area contributed by atoms with Gasteiger partial charge in [0.1, 0.15) is 5.75 Å². The lowest BCUT2D eigenvalue weighted by molar-refractivity contribution is 0.0691. The van der Waals surface area contributed by atoms with Gasteiger partial charge in [-0.25, -0.2) is 9.78 Å². The number of aromatic carboxylic acids is 1. The van der Waals surface area contributed by atoms with Gasteiger partial charge >= 0.3 is 5.97 Å². The molecule has 6 heteroatoms. The quantitative estimate of drug-likeness (QED) is 0.800. The molecule has 2 rings (SSSR count). The topological polar surface area (TPSA) is 76.5 Å². The molecule has 0 aliphatic carbocycles. The molecule has 1 heterocycles. The van der Waals surface area contributed by atoms with Crippen LogP contribution in [0.5, 0.6) is 5.75 Å². The summed E-state index contributed by atoms with van der Waals surface area (Å²) < 4.78 is 5.72. The number of aromatic nitrogens is 1. The molecule has 0 bridgehead atoms. The largest absolute Gasteiger partial charge is 0.485 e. The Balaban J connectivity index is 2.16. The number of hydrogen-bond donors (Lipinski definition) is 1. The zero-order valence-corrected chi connectivity index (χ0v) is 15.1. The molecule has 0 unspecified atom stereocenters. The minimum Gasteiger partial charge on any atom is -0.485 e. The monoisotopic (exact) mass is 347 g/mol. The third-order valence-corrected chi connectivity index (χ3v) is 4.46. The Kier molecular flexibility index (Phi) is 5.39. The fourth-order valence-electron chi connectivity index (χ4n) is 2.21. The van der Waals surface area contributed by atoms with Crippen molar-refractivity contribution < 1.29 is 19.4 Å². The molecule has 0 saturated heterocycles. The van der Waals surface area contributed by atoms with Gasteiger partial charge in [0.15, 0.2) is 17.3 Å². The van der Waals surface area contributed by atoms with Gasteiger partial charge in [-0.1, -0.05) is 39.8 Å². The van der Waals surface area contributed by atoms with Gasteiger partial charge in [0.2, 0.25) is 5.78 Å². The number of ketones is 1. The molecule has 2 aromatic rings. The van der Waals surface area contributed by atoms with Crippen molar-refractivity contribution in [2.75, 3.05) is 6.61 Å². The van der Waals surface area contributed by atoms with Crippen molar-refractivity contribution in [2.45, 2.75) is 39.5 Å². The number of nitrogens with zero attached hydrogens (tertiary/aromatic N) is 1. The first-order valence-corrected chi connectivity index (χ1v) is 8.58. The number of thiazole rings is 1. The Morgan fingerprint density at radius 1 is 1.29 bits per heavy atom. The number of Topliss-reactive ketones (excluding diaryl/α,β-unsaturated/α-hetero) is 1. The van der Waals surface area contributed by atoms with Gasteiger partial charge in [-0.2, -0.15) is 0 Å². The number of rotatable bonds is 6. The number of carbonyl (C=O) groups is 2. The van der Waals surface area contributed by atoms with E-state index in [1.54, 1.807) is 0 Å². The lowest BCUT2D eigenvalue weighted by Gasteiger charge is -2.23. The molecule has 0 saturated carbocycles. The predicted octanol–water partition coefficient (Wildman–Crippen LogP) is 3.96. The average Bonchev–Trinajstić information content (AvgIpc) is 3.02. The van der Waals surface area contributed by atoms with E-state index in [1.807, 2.05) is 12.1 Å². The van der Waals surface area contributed by atoms with Crippen LogP contribution in [0.1, 0.15) is 59.1 Å². The van der Waals surface area contributed by atoms with E-state index in [0.717, 1.165) is 23.3 Å². The van der Waals surface area contributed by atoms with Crippen molar-refractivity contribution in [3.8, 4) is 5.75 Å². The summed E-state index contributed by atoms with van der Waals surface area (Å²) in [5.41, 5.74) is 2.02. The molecular weight excluding hydrogens is 326 g/mol. The second-order valence-corrected chi connectivity index (χ2v) is 7.35. The predicted molar refractivity (Wildman–Crippen MR) is 93.4 cm³/mol. The van der Waals surface area contributed by atoms with Crippen LogP contribution in [0, 0.1) is 0 Å². The molecule has 0 spiro atoms. The van der Waals surface area contributed by atoms with Crippen LogP contribution in [0.25, 0.3) is 0 Å².